The molecule has 1 radical (unpaired) electrons. The molecule has 1 nitrogen and oxygen atoms in total. The lowest BCUT2D eigenvalue weighted by molar-refractivity contribution is 1.33. The fourth-order valence-corrected chi connectivity index (χ4v) is 1.67. The Bertz CT molecular complexity index is 353. The molecule has 12 heavy (non-hydrogen) atoms. The van der Waals surface area contributed by atoms with Crippen molar-refractivity contribution in [2.45, 2.75) is 0 Å². The van der Waals surface area contributed by atoms with Crippen molar-refractivity contribution in [3.05, 3.63) is 41.0 Å². The van der Waals surface area contributed by atoms with E-state index in [9.17, 15) is 0 Å². The summed E-state index contributed by atoms with van der Waals surface area (Å²) in [5.41, 5.74) is 1.09. The monoisotopic (exact) mass is 194 g/mol. The van der Waals surface area contributed by atoms with Crippen LogP contribution in [0.4, 0.5) is 0 Å². The summed E-state index contributed by atoms with van der Waals surface area (Å²) in [5.74, 6) is 0. The Kier molecular flexibility index (Phi) is 2.11. The topological polar surface area (TPSA) is 12.9 Å². The fourth-order valence-electron chi connectivity index (χ4n) is 0.918. The molecule has 2 rings (SSSR count). The van der Waals surface area contributed by atoms with Gasteiger partial charge in [-0.15, -0.1) is 11.3 Å². The van der Waals surface area contributed by atoms with Crippen molar-refractivity contribution in [1.82, 2.24) is 4.98 Å². The van der Waals surface area contributed by atoms with E-state index in [-0.39, 0.29) is 0 Å². The summed E-state index contributed by atoms with van der Waals surface area (Å²) in [6.07, 6.45) is 1.77. The second-order valence-corrected chi connectivity index (χ2v) is 3.55. The number of aromatic nitrogens is 1. The maximum Gasteiger partial charge on any atom is 0.129 e. The number of hydrogen-bond donors (Lipinski definition) is 0. The summed E-state index contributed by atoms with van der Waals surface area (Å²) in [7, 11) is 0. The zero-order chi connectivity index (χ0) is 8.39. The lowest BCUT2D eigenvalue weighted by Crippen LogP contribution is -1.75. The maximum atomic E-state index is 5.66. The van der Waals surface area contributed by atoms with Gasteiger partial charge in [0.1, 0.15) is 5.15 Å². The average Bonchev–Trinajstić information content (AvgIpc) is 2.58. The second-order valence-electron chi connectivity index (χ2n) is 2.29. The van der Waals surface area contributed by atoms with E-state index in [1.807, 2.05) is 18.2 Å². The van der Waals surface area contributed by atoms with Crippen LogP contribution in [0, 0.1) is 5.38 Å². The van der Waals surface area contributed by atoms with Gasteiger partial charge in [0.15, 0.2) is 0 Å². The Hall–Kier alpha value is -0.860. The first-order chi connectivity index (χ1) is 5.86. The lowest BCUT2D eigenvalue weighted by atomic mass is 10.2. The molecule has 2 heterocycles. The molecule has 0 atom stereocenters. The van der Waals surface area contributed by atoms with Crippen molar-refractivity contribution in [3.8, 4) is 10.4 Å². The zero-order valence-corrected chi connectivity index (χ0v) is 7.69. The molecule has 0 bridgehead atoms. The summed E-state index contributed by atoms with van der Waals surface area (Å²) in [5, 5.41) is 3.55. The summed E-state index contributed by atoms with van der Waals surface area (Å²) in [4.78, 5) is 5.16. The van der Waals surface area contributed by atoms with Gasteiger partial charge in [0.25, 0.3) is 0 Å². The van der Waals surface area contributed by atoms with Crippen LogP contribution in [0.3, 0.4) is 0 Å². The van der Waals surface area contributed by atoms with Gasteiger partial charge < -0.3 is 0 Å². The molecule has 0 aliphatic rings. The molecule has 0 fully saturated rings. The Balaban J connectivity index is 2.43. The van der Waals surface area contributed by atoms with Crippen LogP contribution in [0.5, 0.6) is 0 Å². The van der Waals surface area contributed by atoms with E-state index < -0.39 is 0 Å². The van der Waals surface area contributed by atoms with E-state index in [0.717, 1.165) is 5.56 Å². The molecule has 3 heteroatoms. The normalized spacial score (nSPS) is 10.1. The first kappa shape index (κ1) is 7.77. The van der Waals surface area contributed by atoms with E-state index >= 15 is 0 Å². The molecular formula is C9H5ClNS. The van der Waals surface area contributed by atoms with Crippen LogP contribution in [0.15, 0.2) is 30.5 Å². The smallest absolute Gasteiger partial charge is 0.129 e. The second kappa shape index (κ2) is 3.25. The van der Waals surface area contributed by atoms with Crippen molar-refractivity contribution in [2.24, 2.45) is 0 Å². The van der Waals surface area contributed by atoms with Crippen molar-refractivity contribution in [1.29, 1.82) is 0 Å². The largest absolute Gasteiger partial charge is 0.244 e. The third kappa shape index (κ3) is 1.49. The van der Waals surface area contributed by atoms with Gasteiger partial charge in [0.05, 0.1) is 0 Å². The Labute approximate surface area is 79.7 Å². The molecule has 2 aromatic rings. The number of nitrogens with zero attached hydrogens (tertiary/aromatic N) is 1. The van der Waals surface area contributed by atoms with E-state index in [1.165, 1.54) is 4.88 Å². The van der Waals surface area contributed by atoms with Gasteiger partial charge in [-0.2, -0.15) is 0 Å². The van der Waals surface area contributed by atoms with E-state index in [0.29, 0.717) is 5.15 Å². The molecule has 59 valence electrons. The van der Waals surface area contributed by atoms with Gasteiger partial charge in [0.2, 0.25) is 0 Å². The molecule has 0 spiro atoms. The summed E-state index contributed by atoms with van der Waals surface area (Å²) in [6.45, 7) is 0. The minimum atomic E-state index is 0.527. The molecule has 0 aliphatic carbocycles. The number of pyridine rings is 1. The third-order valence-electron chi connectivity index (χ3n) is 1.48. The highest BCUT2D eigenvalue weighted by Crippen LogP contribution is 2.23. The van der Waals surface area contributed by atoms with E-state index in [4.69, 9.17) is 11.6 Å². The number of thiophene rings is 1. The number of rotatable bonds is 1. The van der Waals surface area contributed by atoms with Crippen LogP contribution in [-0.2, 0) is 0 Å². The highest BCUT2D eigenvalue weighted by Gasteiger charge is 1.97. The van der Waals surface area contributed by atoms with Crippen LogP contribution in [0.25, 0.3) is 10.4 Å². The molecule has 0 N–H and O–H groups in total. The molecule has 0 saturated heterocycles. The predicted molar refractivity (Wildman–Crippen MR) is 51.4 cm³/mol. The number of hydrogen-bond acceptors (Lipinski definition) is 2. The summed E-state index contributed by atoms with van der Waals surface area (Å²) < 4.78 is 0. The van der Waals surface area contributed by atoms with Crippen molar-refractivity contribution in [3.63, 3.8) is 0 Å². The van der Waals surface area contributed by atoms with Crippen molar-refractivity contribution < 1.29 is 0 Å². The Morgan fingerprint density at radius 2 is 2.25 bits per heavy atom. The quantitative estimate of drug-likeness (QED) is 0.635. The molecular weight excluding hydrogens is 190 g/mol. The Morgan fingerprint density at radius 1 is 1.33 bits per heavy atom. The van der Waals surface area contributed by atoms with Crippen LogP contribution in [-0.4, -0.2) is 4.98 Å². The molecule has 2 aromatic heterocycles. The minimum absolute atomic E-state index is 0.527. The van der Waals surface area contributed by atoms with Crippen molar-refractivity contribution >= 4 is 22.9 Å². The molecule has 0 unspecified atom stereocenters. The maximum absolute atomic E-state index is 5.66. The van der Waals surface area contributed by atoms with E-state index in [1.54, 1.807) is 23.6 Å². The van der Waals surface area contributed by atoms with Gasteiger partial charge in [-0.3, -0.25) is 0 Å². The van der Waals surface area contributed by atoms with Crippen LogP contribution >= 0.6 is 22.9 Å². The van der Waals surface area contributed by atoms with Gasteiger partial charge in [0, 0.05) is 22.0 Å². The Morgan fingerprint density at radius 3 is 2.83 bits per heavy atom. The standard InChI is InChI=1S/C9H5ClNS/c10-9-4-3-7(6-11-9)8-2-1-5-12-8/h1-4,6H. The lowest BCUT2D eigenvalue weighted by Gasteiger charge is -1.94. The summed E-state index contributed by atoms with van der Waals surface area (Å²) in [6, 6.07) is 7.65. The first-order valence-electron chi connectivity index (χ1n) is 3.44. The molecule has 0 aromatic carbocycles. The zero-order valence-electron chi connectivity index (χ0n) is 6.12. The molecule has 0 saturated carbocycles. The van der Waals surface area contributed by atoms with Crippen molar-refractivity contribution in [2.75, 3.05) is 0 Å². The van der Waals surface area contributed by atoms with Gasteiger partial charge in [-0.25, -0.2) is 4.98 Å². The summed E-state index contributed by atoms with van der Waals surface area (Å²) >= 11 is 7.23. The van der Waals surface area contributed by atoms with Crippen LogP contribution in [0.1, 0.15) is 0 Å². The van der Waals surface area contributed by atoms with Gasteiger partial charge in [-0.1, -0.05) is 11.6 Å². The molecule has 0 aliphatic heterocycles. The SMILES string of the molecule is Clc1ccc(-c2cc[c]s2)cn1. The average molecular weight is 195 g/mol. The van der Waals surface area contributed by atoms with Gasteiger partial charge in [-0.05, 0) is 24.3 Å². The van der Waals surface area contributed by atoms with Crippen LogP contribution in [0.2, 0.25) is 5.15 Å². The minimum Gasteiger partial charge on any atom is -0.244 e. The number of halogens is 1. The highest BCUT2D eigenvalue weighted by molar-refractivity contribution is 7.13. The molecule has 0 amide bonds. The third-order valence-corrected chi connectivity index (χ3v) is 2.55. The predicted octanol–water partition coefficient (Wildman–Crippen LogP) is 3.26. The van der Waals surface area contributed by atoms with E-state index in [2.05, 4.69) is 10.4 Å². The van der Waals surface area contributed by atoms with Crippen LogP contribution < -0.4 is 0 Å². The highest BCUT2D eigenvalue weighted by atomic mass is 35.5. The van der Waals surface area contributed by atoms with Gasteiger partial charge >= 0.3 is 0 Å². The fraction of sp³-hybridized carbons (Fsp3) is 0. The first-order valence-corrected chi connectivity index (χ1v) is 4.63.